The zero-order valence-electron chi connectivity index (χ0n) is 13.5. The quantitative estimate of drug-likeness (QED) is 0.852. The van der Waals surface area contributed by atoms with Crippen molar-refractivity contribution in [2.75, 3.05) is 19.5 Å². The SMILES string of the molecule is COCc1cccc(NC(=O)[C@@H](C)Oc2cccc(OC)c2)c1. The molecule has 2 rings (SSSR count). The molecule has 1 amide bonds. The van der Waals surface area contributed by atoms with Crippen molar-refractivity contribution >= 4 is 11.6 Å². The van der Waals surface area contributed by atoms with Crippen molar-refractivity contribution in [3.8, 4) is 11.5 Å². The van der Waals surface area contributed by atoms with Crippen LogP contribution in [0.4, 0.5) is 5.69 Å². The molecule has 0 aliphatic rings. The summed E-state index contributed by atoms with van der Waals surface area (Å²) in [7, 11) is 3.22. The van der Waals surface area contributed by atoms with Crippen molar-refractivity contribution < 1.29 is 19.0 Å². The highest BCUT2D eigenvalue weighted by molar-refractivity contribution is 5.94. The maximum absolute atomic E-state index is 12.2. The molecule has 0 heterocycles. The third kappa shape index (κ3) is 5.00. The van der Waals surface area contributed by atoms with Gasteiger partial charge in [-0.15, -0.1) is 0 Å². The van der Waals surface area contributed by atoms with Crippen LogP contribution in [0.5, 0.6) is 11.5 Å². The molecule has 0 aliphatic heterocycles. The molecule has 1 atom stereocenters. The van der Waals surface area contributed by atoms with Gasteiger partial charge in [-0.05, 0) is 36.8 Å². The van der Waals surface area contributed by atoms with Gasteiger partial charge in [0, 0.05) is 18.9 Å². The fourth-order valence-electron chi connectivity index (χ4n) is 2.08. The van der Waals surface area contributed by atoms with Crippen LogP contribution < -0.4 is 14.8 Å². The van der Waals surface area contributed by atoms with Gasteiger partial charge in [-0.1, -0.05) is 18.2 Å². The molecule has 1 N–H and O–H groups in total. The number of anilines is 1. The van der Waals surface area contributed by atoms with Gasteiger partial charge in [0.2, 0.25) is 0 Å². The second kappa shape index (κ2) is 8.19. The minimum atomic E-state index is -0.631. The van der Waals surface area contributed by atoms with Crippen molar-refractivity contribution in [2.45, 2.75) is 19.6 Å². The van der Waals surface area contributed by atoms with Gasteiger partial charge in [0.1, 0.15) is 11.5 Å². The van der Waals surface area contributed by atoms with E-state index in [4.69, 9.17) is 14.2 Å². The number of hydrogen-bond donors (Lipinski definition) is 1. The molecule has 0 aromatic heterocycles. The number of hydrogen-bond acceptors (Lipinski definition) is 4. The van der Waals surface area contributed by atoms with E-state index in [1.165, 1.54) is 0 Å². The Hall–Kier alpha value is -2.53. The van der Waals surface area contributed by atoms with Crippen LogP contribution in [-0.2, 0) is 16.1 Å². The highest BCUT2D eigenvalue weighted by atomic mass is 16.5. The first-order chi connectivity index (χ1) is 11.1. The average molecular weight is 315 g/mol. The van der Waals surface area contributed by atoms with Crippen molar-refractivity contribution in [3.05, 3.63) is 54.1 Å². The first-order valence-electron chi connectivity index (χ1n) is 7.32. The van der Waals surface area contributed by atoms with Gasteiger partial charge in [0.25, 0.3) is 5.91 Å². The molecular formula is C18H21NO4. The normalized spacial score (nSPS) is 11.6. The number of benzene rings is 2. The maximum Gasteiger partial charge on any atom is 0.265 e. The molecule has 0 saturated heterocycles. The Bertz CT molecular complexity index is 657. The van der Waals surface area contributed by atoms with Crippen molar-refractivity contribution in [1.82, 2.24) is 0 Å². The predicted octanol–water partition coefficient (Wildman–Crippen LogP) is 3.25. The van der Waals surface area contributed by atoms with Crippen LogP contribution in [-0.4, -0.2) is 26.2 Å². The van der Waals surface area contributed by atoms with Crippen molar-refractivity contribution in [1.29, 1.82) is 0 Å². The van der Waals surface area contributed by atoms with E-state index in [-0.39, 0.29) is 5.91 Å². The molecule has 5 nitrogen and oxygen atoms in total. The van der Waals surface area contributed by atoms with Gasteiger partial charge >= 0.3 is 0 Å². The molecule has 2 aromatic carbocycles. The molecule has 23 heavy (non-hydrogen) atoms. The first kappa shape index (κ1) is 16.8. The summed E-state index contributed by atoms with van der Waals surface area (Å²) in [5, 5.41) is 2.84. The van der Waals surface area contributed by atoms with E-state index < -0.39 is 6.10 Å². The Morgan fingerprint density at radius 1 is 1.09 bits per heavy atom. The summed E-state index contributed by atoms with van der Waals surface area (Å²) in [6.45, 7) is 2.20. The lowest BCUT2D eigenvalue weighted by molar-refractivity contribution is -0.122. The smallest absolute Gasteiger partial charge is 0.265 e. The Balaban J connectivity index is 1.98. The molecule has 0 unspecified atom stereocenters. The summed E-state index contributed by atoms with van der Waals surface area (Å²) in [5.74, 6) is 1.05. The van der Waals surface area contributed by atoms with Crippen LogP contribution >= 0.6 is 0 Å². The Morgan fingerprint density at radius 2 is 1.83 bits per heavy atom. The third-order valence-corrected chi connectivity index (χ3v) is 3.23. The number of methoxy groups -OCH3 is 2. The fraction of sp³-hybridized carbons (Fsp3) is 0.278. The van der Waals surface area contributed by atoms with E-state index in [0.29, 0.717) is 23.8 Å². The molecule has 0 fully saturated rings. The Morgan fingerprint density at radius 3 is 2.57 bits per heavy atom. The summed E-state index contributed by atoms with van der Waals surface area (Å²) >= 11 is 0. The average Bonchev–Trinajstić information content (AvgIpc) is 2.55. The second-order valence-electron chi connectivity index (χ2n) is 5.06. The molecule has 0 spiro atoms. The van der Waals surface area contributed by atoms with Gasteiger partial charge in [-0.3, -0.25) is 4.79 Å². The number of amides is 1. The lowest BCUT2D eigenvalue weighted by atomic mass is 10.2. The lowest BCUT2D eigenvalue weighted by Crippen LogP contribution is -2.30. The summed E-state index contributed by atoms with van der Waals surface area (Å²) in [6.07, 6.45) is -0.631. The van der Waals surface area contributed by atoms with Crippen LogP contribution in [0.25, 0.3) is 0 Å². The van der Waals surface area contributed by atoms with Crippen molar-refractivity contribution in [2.24, 2.45) is 0 Å². The molecule has 0 saturated carbocycles. The van der Waals surface area contributed by atoms with Crippen LogP contribution in [0.1, 0.15) is 12.5 Å². The first-order valence-corrected chi connectivity index (χ1v) is 7.32. The highest BCUT2D eigenvalue weighted by Gasteiger charge is 2.15. The maximum atomic E-state index is 12.2. The number of ether oxygens (including phenoxy) is 3. The molecule has 0 aliphatic carbocycles. The standard InChI is InChI=1S/C18H21NO4/c1-13(23-17-9-5-8-16(11-17)22-3)18(20)19-15-7-4-6-14(10-15)12-21-2/h4-11,13H,12H2,1-3H3,(H,19,20)/t13-/m1/s1. The largest absolute Gasteiger partial charge is 0.497 e. The van der Waals surface area contributed by atoms with Gasteiger partial charge in [0.15, 0.2) is 6.10 Å². The van der Waals surface area contributed by atoms with Gasteiger partial charge < -0.3 is 19.5 Å². The fourth-order valence-corrected chi connectivity index (χ4v) is 2.08. The molecular weight excluding hydrogens is 294 g/mol. The number of carbonyl (C=O) groups is 1. The molecule has 0 bridgehead atoms. The molecule has 122 valence electrons. The lowest BCUT2D eigenvalue weighted by Gasteiger charge is -2.15. The minimum Gasteiger partial charge on any atom is -0.497 e. The van der Waals surface area contributed by atoms with Crippen LogP contribution in [0.15, 0.2) is 48.5 Å². The molecule has 2 aromatic rings. The Labute approximate surface area is 136 Å². The van der Waals surface area contributed by atoms with E-state index in [2.05, 4.69) is 5.32 Å². The van der Waals surface area contributed by atoms with Crippen LogP contribution in [0, 0.1) is 0 Å². The summed E-state index contributed by atoms with van der Waals surface area (Å²) in [5.41, 5.74) is 1.71. The number of carbonyl (C=O) groups excluding carboxylic acids is 1. The summed E-state index contributed by atoms with van der Waals surface area (Å²) in [6, 6.07) is 14.7. The topological polar surface area (TPSA) is 56.8 Å². The monoisotopic (exact) mass is 315 g/mol. The van der Waals surface area contributed by atoms with E-state index in [9.17, 15) is 4.79 Å². The second-order valence-corrected chi connectivity index (χ2v) is 5.06. The summed E-state index contributed by atoms with van der Waals surface area (Å²) < 4.78 is 15.9. The van der Waals surface area contributed by atoms with Gasteiger partial charge in [-0.25, -0.2) is 0 Å². The minimum absolute atomic E-state index is 0.220. The molecule has 5 heteroatoms. The molecule has 0 radical (unpaired) electrons. The van der Waals surface area contributed by atoms with Crippen LogP contribution in [0.3, 0.4) is 0 Å². The number of nitrogens with one attached hydrogen (secondary N) is 1. The highest BCUT2D eigenvalue weighted by Crippen LogP contribution is 2.20. The van der Waals surface area contributed by atoms with Crippen molar-refractivity contribution in [3.63, 3.8) is 0 Å². The van der Waals surface area contributed by atoms with Crippen LogP contribution in [0.2, 0.25) is 0 Å². The van der Waals surface area contributed by atoms with Gasteiger partial charge in [0.05, 0.1) is 13.7 Å². The zero-order chi connectivity index (χ0) is 16.7. The zero-order valence-corrected chi connectivity index (χ0v) is 13.5. The number of rotatable bonds is 7. The summed E-state index contributed by atoms with van der Waals surface area (Å²) in [4.78, 5) is 12.2. The van der Waals surface area contributed by atoms with E-state index in [1.807, 2.05) is 36.4 Å². The predicted molar refractivity (Wildman–Crippen MR) is 88.9 cm³/mol. The Kier molecular flexibility index (Phi) is 6.00. The van der Waals surface area contributed by atoms with Gasteiger partial charge in [-0.2, -0.15) is 0 Å². The third-order valence-electron chi connectivity index (χ3n) is 3.23. The van der Waals surface area contributed by atoms with E-state index in [1.54, 1.807) is 33.3 Å². The van der Waals surface area contributed by atoms with E-state index in [0.717, 1.165) is 5.56 Å². The van der Waals surface area contributed by atoms with E-state index >= 15 is 0 Å².